The fraction of sp³-hybridized carbons (Fsp3) is 0.556. The van der Waals surface area contributed by atoms with E-state index in [-0.39, 0.29) is 5.91 Å². The third-order valence-corrected chi connectivity index (χ3v) is 4.40. The number of nitrogens with zero attached hydrogens (tertiary/aromatic N) is 3. The zero-order valence-corrected chi connectivity index (χ0v) is 14.7. The number of carbonyl (C=O) groups is 1. The number of anilines is 1. The third-order valence-electron chi connectivity index (χ3n) is 4.40. The first-order valence-corrected chi connectivity index (χ1v) is 8.49. The normalized spacial score (nSPS) is 15.7. The highest BCUT2D eigenvalue weighted by atomic mass is 16.1. The molecule has 1 atom stereocenters. The molecule has 23 heavy (non-hydrogen) atoms. The molecule has 1 aliphatic heterocycles. The lowest BCUT2D eigenvalue weighted by molar-refractivity contribution is 0.0938. The molecular weight excluding hydrogens is 288 g/mol. The molecule has 1 N–H and O–H groups in total. The Hall–Kier alpha value is -1.88. The Morgan fingerprint density at radius 3 is 2.48 bits per heavy atom. The van der Waals surface area contributed by atoms with E-state index in [1.165, 1.54) is 0 Å². The zero-order chi connectivity index (χ0) is 16.8. The van der Waals surface area contributed by atoms with Crippen molar-refractivity contribution in [3.05, 3.63) is 29.8 Å². The molecule has 1 heterocycles. The predicted octanol–water partition coefficient (Wildman–Crippen LogP) is 2.73. The number of likely N-dealkylation sites (N-methyl/N-ethyl adjacent to an activating group) is 1. The van der Waals surface area contributed by atoms with Gasteiger partial charge in [-0.05, 0) is 51.2 Å². The van der Waals surface area contributed by atoms with E-state index in [0.717, 1.165) is 37.5 Å². The molecular formula is C18H28N4O. The van der Waals surface area contributed by atoms with E-state index in [2.05, 4.69) is 36.1 Å². The van der Waals surface area contributed by atoms with Gasteiger partial charge in [-0.2, -0.15) is 5.10 Å². The zero-order valence-electron chi connectivity index (χ0n) is 14.7. The molecule has 0 fully saturated rings. The van der Waals surface area contributed by atoms with Gasteiger partial charge in [0, 0.05) is 36.8 Å². The molecule has 1 aliphatic rings. The van der Waals surface area contributed by atoms with Gasteiger partial charge in [-0.3, -0.25) is 14.7 Å². The van der Waals surface area contributed by atoms with E-state index in [9.17, 15) is 4.79 Å². The van der Waals surface area contributed by atoms with Crippen molar-refractivity contribution in [2.75, 3.05) is 31.2 Å². The van der Waals surface area contributed by atoms with Crippen LogP contribution in [0.3, 0.4) is 0 Å². The number of rotatable bonds is 7. The van der Waals surface area contributed by atoms with Crippen LogP contribution in [0, 0.1) is 0 Å². The Morgan fingerprint density at radius 1 is 1.30 bits per heavy atom. The third kappa shape index (κ3) is 4.55. The molecule has 5 heteroatoms. The maximum Gasteiger partial charge on any atom is 0.251 e. The molecule has 1 amide bonds. The van der Waals surface area contributed by atoms with Crippen molar-refractivity contribution in [1.29, 1.82) is 0 Å². The quantitative estimate of drug-likeness (QED) is 0.841. The second-order valence-corrected chi connectivity index (χ2v) is 6.04. The predicted molar refractivity (Wildman–Crippen MR) is 96.2 cm³/mol. The van der Waals surface area contributed by atoms with Crippen LogP contribution < -0.4 is 10.3 Å². The van der Waals surface area contributed by atoms with Crippen LogP contribution >= 0.6 is 0 Å². The SMILES string of the molecule is CCN(CC)C(C)CNC(=O)c1ccc(N2CCC(C)=N2)cc1. The van der Waals surface area contributed by atoms with E-state index < -0.39 is 0 Å². The summed E-state index contributed by atoms with van der Waals surface area (Å²) in [5.41, 5.74) is 2.88. The lowest BCUT2D eigenvalue weighted by Gasteiger charge is -2.26. The van der Waals surface area contributed by atoms with E-state index in [1.54, 1.807) is 0 Å². The Labute approximate surface area is 139 Å². The molecule has 0 aliphatic carbocycles. The second-order valence-electron chi connectivity index (χ2n) is 6.04. The molecule has 1 aromatic rings. The number of hydrazone groups is 1. The Kier molecular flexibility index (Phi) is 6.16. The molecule has 2 rings (SSSR count). The van der Waals surface area contributed by atoms with Gasteiger partial charge in [-0.1, -0.05) is 13.8 Å². The van der Waals surface area contributed by atoms with Gasteiger partial charge in [0.15, 0.2) is 0 Å². The van der Waals surface area contributed by atoms with Crippen LogP contribution in [0.2, 0.25) is 0 Å². The Bertz CT molecular complexity index is 549. The van der Waals surface area contributed by atoms with Gasteiger partial charge in [-0.25, -0.2) is 0 Å². The fourth-order valence-corrected chi connectivity index (χ4v) is 2.86. The van der Waals surface area contributed by atoms with Crippen LogP contribution in [0.1, 0.15) is 44.5 Å². The van der Waals surface area contributed by atoms with Gasteiger partial charge in [0.25, 0.3) is 5.91 Å². The summed E-state index contributed by atoms with van der Waals surface area (Å²) in [5, 5.41) is 9.48. The van der Waals surface area contributed by atoms with E-state index >= 15 is 0 Å². The number of carbonyl (C=O) groups excluding carboxylic acids is 1. The van der Waals surface area contributed by atoms with Gasteiger partial charge < -0.3 is 5.32 Å². The molecule has 0 aromatic heterocycles. The minimum atomic E-state index is -0.0170. The number of hydrogen-bond acceptors (Lipinski definition) is 4. The summed E-state index contributed by atoms with van der Waals surface area (Å²) in [4.78, 5) is 14.6. The van der Waals surface area contributed by atoms with Crippen LogP contribution in [0.5, 0.6) is 0 Å². The summed E-state index contributed by atoms with van der Waals surface area (Å²) in [6.45, 7) is 12.0. The first-order chi connectivity index (χ1) is 11.0. The molecule has 0 spiro atoms. The maximum absolute atomic E-state index is 12.3. The molecule has 0 bridgehead atoms. The van der Waals surface area contributed by atoms with Crippen molar-refractivity contribution in [2.24, 2.45) is 5.10 Å². The molecule has 5 nitrogen and oxygen atoms in total. The van der Waals surface area contributed by atoms with E-state index in [1.807, 2.05) is 36.2 Å². The van der Waals surface area contributed by atoms with Crippen LogP contribution in [-0.2, 0) is 0 Å². The van der Waals surface area contributed by atoms with Crippen molar-refractivity contribution in [1.82, 2.24) is 10.2 Å². The molecule has 0 saturated heterocycles. The van der Waals surface area contributed by atoms with Crippen LogP contribution in [0.15, 0.2) is 29.4 Å². The summed E-state index contributed by atoms with van der Waals surface area (Å²) in [6, 6.07) is 8.01. The Balaban J connectivity index is 1.90. The van der Waals surface area contributed by atoms with Crippen molar-refractivity contribution in [2.45, 2.75) is 40.2 Å². The van der Waals surface area contributed by atoms with Crippen molar-refractivity contribution in [3.8, 4) is 0 Å². The largest absolute Gasteiger partial charge is 0.350 e. The standard InChI is InChI=1S/C18H28N4O/c1-5-21(6-2)15(4)13-19-18(23)16-7-9-17(10-8-16)22-12-11-14(3)20-22/h7-10,15H,5-6,11-13H2,1-4H3,(H,19,23). The lowest BCUT2D eigenvalue weighted by Crippen LogP contribution is -2.42. The van der Waals surface area contributed by atoms with Crippen LogP contribution in [0.25, 0.3) is 0 Å². The van der Waals surface area contributed by atoms with E-state index in [4.69, 9.17) is 0 Å². The minimum absolute atomic E-state index is 0.0170. The topological polar surface area (TPSA) is 47.9 Å². The lowest BCUT2D eigenvalue weighted by atomic mass is 10.2. The van der Waals surface area contributed by atoms with Gasteiger partial charge >= 0.3 is 0 Å². The molecule has 1 aromatic carbocycles. The van der Waals surface area contributed by atoms with Gasteiger partial charge in [0.1, 0.15) is 0 Å². The highest BCUT2D eigenvalue weighted by Gasteiger charge is 2.15. The molecule has 126 valence electrons. The van der Waals surface area contributed by atoms with Crippen molar-refractivity contribution < 1.29 is 4.79 Å². The van der Waals surface area contributed by atoms with Gasteiger partial charge in [0.2, 0.25) is 0 Å². The summed E-state index contributed by atoms with van der Waals surface area (Å²) in [6.07, 6.45) is 1.01. The van der Waals surface area contributed by atoms with Gasteiger partial charge in [-0.15, -0.1) is 0 Å². The summed E-state index contributed by atoms with van der Waals surface area (Å²) in [7, 11) is 0. The molecule has 0 saturated carbocycles. The monoisotopic (exact) mass is 316 g/mol. The number of hydrogen-bond donors (Lipinski definition) is 1. The first kappa shape index (κ1) is 17.5. The average Bonchev–Trinajstić information content (AvgIpc) is 3.00. The van der Waals surface area contributed by atoms with Crippen LogP contribution in [-0.4, -0.2) is 48.7 Å². The summed E-state index contributed by atoms with van der Waals surface area (Å²) < 4.78 is 0. The van der Waals surface area contributed by atoms with Crippen LogP contribution in [0.4, 0.5) is 5.69 Å². The smallest absolute Gasteiger partial charge is 0.251 e. The fourth-order valence-electron chi connectivity index (χ4n) is 2.86. The summed E-state index contributed by atoms with van der Waals surface area (Å²) in [5.74, 6) is -0.0170. The number of benzene rings is 1. The van der Waals surface area contributed by atoms with Gasteiger partial charge in [0.05, 0.1) is 5.69 Å². The average molecular weight is 316 g/mol. The van der Waals surface area contributed by atoms with Crippen molar-refractivity contribution >= 4 is 17.3 Å². The highest BCUT2D eigenvalue weighted by Crippen LogP contribution is 2.19. The highest BCUT2D eigenvalue weighted by molar-refractivity contribution is 5.94. The van der Waals surface area contributed by atoms with E-state index in [0.29, 0.717) is 18.2 Å². The van der Waals surface area contributed by atoms with Crippen molar-refractivity contribution in [3.63, 3.8) is 0 Å². The molecule has 0 radical (unpaired) electrons. The Morgan fingerprint density at radius 2 is 1.96 bits per heavy atom. The summed E-state index contributed by atoms with van der Waals surface area (Å²) >= 11 is 0. The number of nitrogens with one attached hydrogen (secondary N) is 1. The minimum Gasteiger partial charge on any atom is -0.350 e. The number of amides is 1. The maximum atomic E-state index is 12.3. The second kappa shape index (κ2) is 8.11. The molecule has 1 unspecified atom stereocenters. The first-order valence-electron chi connectivity index (χ1n) is 8.49.